The smallest absolute Gasteiger partial charge is 0.360 e. The molecule has 2 heterocycles. The minimum absolute atomic E-state index is 0.105. The zero-order valence-corrected chi connectivity index (χ0v) is 23.9. The summed E-state index contributed by atoms with van der Waals surface area (Å²) in [5.74, 6) is -0.238. The quantitative estimate of drug-likeness (QED) is 0.392. The van der Waals surface area contributed by atoms with E-state index in [1.807, 2.05) is 6.07 Å². The van der Waals surface area contributed by atoms with E-state index < -0.39 is 64.7 Å². The number of nitriles is 2. The molecule has 3 aromatic rings. The molecule has 1 aromatic heterocycles. The summed E-state index contributed by atoms with van der Waals surface area (Å²) in [7, 11) is -9.23. The van der Waals surface area contributed by atoms with Crippen molar-refractivity contribution in [3.05, 3.63) is 81.9 Å². The van der Waals surface area contributed by atoms with Gasteiger partial charge in [0.2, 0.25) is 0 Å². The summed E-state index contributed by atoms with van der Waals surface area (Å²) in [6.45, 7) is 3.73. The first-order valence-electron chi connectivity index (χ1n) is 11.8. The molecule has 4 rings (SSSR count). The highest BCUT2D eigenvalue weighted by molar-refractivity contribution is 7.91. The number of hydrogen-bond donors (Lipinski definition) is 0. The van der Waals surface area contributed by atoms with Gasteiger partial charge >= 0.3 is 12.2 Å². The van der Waals surface area contributed by atoms with Gasteiger partial charge in [0.1, 0.15) is 11.7 Å². The van der Waals surface area contributed by atoms with E-state index in [0.717, 1.165) is 36.6 Å². The number of hydrogen-bond acceptors (Lipinski definition) is 9. The third kappa shape index (κ3) is 4.99. The topological polar surface area (TPSA) is 165 Å². The van der Waals surface area contributed by atoms with Crippen LogP contribution in [0.3, 0.4) is 0 Å². The van der Waals surface area contributed by atoms with Crippen molar-refractivity contribution in [1.29, 1.82) is 10.5 Å². The van der Waals surface area contributed by atoms with Gasteiger partial charge in [0.25, 0.3) is 10.0 Å². The summed E-state index contributed by atoms with van der Waals surface area (Å²) < 4.78 is 99.9. The van der Waals surface area contributed by atoms with Crippen LogP contribution in [0.2, 0.25) is 0 Å². The van der Waals surface area contributed by atoms with Crippen molar-refractivity contribution in [3.63, 3.8) is 0 Å². The number of carbonyl (C=O) groups excluding carboxylic acids is 1. The number of benzene rings is 2. The SMILES string of the molecule is CC1=C(C#N)[C@@H](c2ccc(C#N)cc2S(C)(=O)=O)N(S(=O)(=O)c2c(C)noc2C)C(=O)N1c1cccc(C(F)(F)F)c1. The number of aryl methyl sites for hydroxylation is 2. The maximum absolute atomic E-state index is 14.2. The highest BCUT2D eigenvalue weighted by Gasteiger charge is 2.49. The second-order valence-corrected chi connectivity index (χ2v) is 13.0. The Balaban J connectivity index is 2.14. The number of amides is 2. The van der Waals surface area contributed by atoms with E-state index in [2.05, 4.69) is 5.16 Å². The molecule has 1 aliphatic heterocycles. The highest BCUT2D eigenvalue weighted by Crippen LogP contribution is 2.45. The van der Waals surface area contributed by atoms with E-state index in [1.54, 1.807) is 6.07 Å². The Labute approximate surface area is 238 Å². The predicted octanol–water partition coefficient (Wildman–Crippen LogP) is 4.76. The summed E-state index contributed by atoms with van der Waals surface area (Å²) in [6.07, 6.45) is -4.02. The molecule has 2 amide bonds. The Bertz CT molecular complexity index is 1950. The largest absolute Gasteiger partial charge is 0.416 e. The molecule has 218 valence electrons. The van der Waals surface area contributed by atoms with Crippen LogP contribution < -0.4 is 4.90 Å². The Morgan fingerprint density at radius 2 is 1.67 bits per heavy atom. The van der Waals surface area contributed by atoms with Gasteiger partial charge in [0.05, 0.1) is 39.4 Å². The van der Waals surface area contributed by atoms with Gasteiger partial charge in [-0.1, -0.05) is 17.3 Å². The zero-order valence-electron chi connectivity index (χ0n) is 22.3. The van der Waals surface area contributed by atoms with Gasteiger partial charge in [-0.25, -0.2) is 25.9 Å². The average molecular weight is 620 g/mol. The second-order valence-electron chi connectivity index (χ2n) is 9.27. The monoisotopic (exact) mass is 619 g/mol. The van der Waals surface area contributed by atoms with Crippen molar-refractivity contribution in [2.45, 2.75) is 42.8 Å². The molecule has 0 N–H and O–H groups in total. The van der Waals surface area contributed by atoms with Gasteiger partial charge in [0, 0.05) is 12.0 Å². The fourth-order valence-corrected chi connectivity index (χ4v) is 7.41. The van der Waals surface area contributed by atoms with E-state index in [-0.39, 0.29) is 32.6 Å². The number of sulfone groups is 1. The number of sulfonamides is 1. The number of anilines is 1. The summed E-state index contributed by atoms with van der Waals surface area (Å²) in [5.41, 5.74) is -2.87. The zero-order chi connectivity index (χ0) is 31.4. The normalized spacial score (nSPS) is 16.4. The first-order valence-corrected chi connectivity index (χ1v) is 15.1. The highest BCUT2D eigenvalue weighted by atomic mass is 32.2. The molecule has 0 unspecified atom stereocenters. The molecule has 0 bridgehead atoms. The number of halogens is 3. The molecule has 16 heteroatoms. The molecule has 11 nitrogen and oxygen atoms in total. The second kappa shape index (κ2) is 10.3. The molecule has 1 aliphatic rings. The van der Waals surface area contributed by atoms with Gasteiger partial charge in [-0.05, 0) is 56.7 Å². The molecule has 42 heavy (non-hydrogen) atoms. The molecule has 0 saturated carbocycles. The van der Waals surface area contributed by atoms with Crippen LogP contribution in [0.5, 0.6) is 0 Å². The Morgan fingerprint density at radius 1 is 1.00 bits per heavy atom. The molecule has 0 aliphatic carbocycles. The average Bonchev–Trinajstić information content (AvgIpc) is 3.25. The van der Waals surface area contributed by atoms with Crippen LogP contribution in [0.25, 0.3) is 0 Å². The van der Waals surface area contributed by atoms with Crippen LogP contribution >= 0.6 is 0 Å². The number of carbonyl (C=O) groups is 1. The van der Waals surface area contributed by atoms with Crippen molar-refractivity contribution < 1.29 is 39.3 Å². The van der Waals surface area contributed by atoms with E-state index in [0.29, 0.717) is 11.0 Å². The fourth-order valence-electron chi connectivity index (χ4n) is 4.67. The fraction of sp³-hybridized carbons (Fsp3) is 0.231. The molecular weight excluding hydrogens is 599 g/mol. The number of alkyl halides is 3. The third-order valence-electron chi connectivity index (χ3n) is 6.49. The molecule has 0 saturated heterocycles. The lowest BCUT2D eigenvalue weighted by molar-refractivity contribution is -0.137. The molecule has 0 radical (unpaired) electrons. The van der Waals surface area contributed by atoms with Crippen LogP contribution in [0.4, 0.5) is 23.7 Å². The maximum atomic E-state index is 14.2. The van der Waals surface area contributed by atoms with Crippen molar-refractivity contribution >= 4 is 31.6 Å². The summed E-state index contributed by atoms with van der Waals surface area (Å²) in [5, 5.41) is 23.2. The van der Waals surface area contributed by atoms with Crippen molar-refractivity contribution in [3.8, 4) is 12.1 Å². The van der Waals surface area contributed by atoms with Crippen LogP contribution in [0, 0.1) is 36.5 Å². The van der Waals surface area contributed by atoms with Gasteiger partial charge in [-0.15, -0.1) is 0 Å². The van der Waals surface area contributed by atoms with E-state index in [4.69, 9.17) is 4.52 Å². The van der Waals surface area contributed by atoms with E-state index in [1.165, 1.54) is 26.8 Å². The summed E-state index contributed by atoms with van der Waals surface area (Å²) in [6, 6.07) is 7.02. The van der Waals surface area contributed by atoms with Crippen molar-refractivity contribution in [2.75, 3.05) is 11.2 Å². The Kier molecular flexibility index (Phi) is 7.43. The van der Waals surface area contributed by atoms with Gasteiger partial charge < -0.3 is 4.52 Å². The van der Waals surface area contributed by atoms with Crippen molar-refractivity contribution in [1.82, 2.24) is 9.46 Å². The van der Waals surface area contributed by atoms with Crippen LogP contribution in [-0.4, -0.2) is 38.6 Å². The number of nitrogens with zero attached hydrogens (tertiary/aromatic N) is 5. The number of urea groups is 1. The van der Waals surface area contributed by atoms with Gasteiger partial charge in [-0.2, -0.15) is 23.7 Å². The Morgan fingerprint density at radius 3 is 2.19 bits per heavy atom. The number of aromatic nitrogens is 1. The molecule has 1 atom stereocenters. The van der Waals surface area contributed by atoms with Crippen molar-refractivity contribution in [2.24, 2.45) is 0 Å². The lowest BCUT2D eigenvalue weighted by Gasteiger charge is -2.41. The van der Waals surface area contributed by atoms with E-state index >= 15 is 0 Å². The van der Waals surface area contributed by atoms with Crippen LogP contribution in [0.1, 0.15) is 41.1 Å². The van der Waals surface area contributed by atoms with Gasteiger partial charge in [-0.3, -0.25) is 4.90 Å². The van der Waals surface area contributed by atoms with E-state index in [9.17, 15) is 45.3 Å². The third-order valence-corrected chi connectivity index (χ3v) is 9.62. The summed E-state index contributed by atoms with van der Waals surface area (Å²) >= 11 is 0. The minimum Gasteiger partial charge on any atom is -0.360 e. The summed E-state index contributed by atoms with van der Waals surface area (Å²) in [4.78, 5) is 13.7. The molecule has 0 fully saturated rings. The Hall–Kier alpha value is -4.67. The number of allylic oxidation sites excluding steroid dienone is 1. The lowest BCUT2D eigenvalue weighted by Crippen LogP contribution is -2.52. The first kappa shape index (κ1) is 30.3. The molecule has 0 spiro atoms. The molecular formula is C26H20F3N5O6S2. The van der Waals surface area contributed by atoms with Crippen LogP contribution in [0.15, 0.2) is 68.0 Å². The number of rotatable bonds is 5. The van der Waals surface area contributed by atoms with Gasteiger partial charge in [0.15, 0.2) is 20.5 Å². The lowest BCUT2D eigenvalue weighted by atomic mass is 9.94. The first-order chi connectivity index (χ1) is 19.4. The maximum Gasteiger partial charge on any atom is 0.416 e. The molecule has 2 aromatic carbocycles. The van der Waals surface area contributed by atoms with Crippen LogP contribution in [-0.2, 0) is 26.0 Å². The predicted molar refractivity (Wildman–Crippen MR) is 140 cm³/mol. The standard InChI is InChI=1S/C26H20F3N5O6S2/c1-14-24(16(3)40-32-14)42(38,39)34-23(20-9-8-17(12-30)10-22(20)41(4,36)37)21(13-31)15(2)33(25(34)35)19-7-5-6-18(11-19)26(27,28)29/h5-11,23H,1-4H3/t23-/m1/s1. The minimum atomic E-state index is -5.03.